The predicted molar refractivity (Wildman–Crippen MR) is 79.0 cm³/mol. The number of aromatic nitrogens is 1. The summed E-state index contributed by atoms with van der Waals surface area (Å²) in [5, 5.41) is 0. The van der Waals surface area contributed by atoms with E-state index in [-0.39, 0.29) is 6.04 Å². The van der Waals surface area contributed by atoms with Gasteiger partial charge in [0.05, 0.1) is 26.0 Å². The van der Waals surface area contributed by atoms with Gasteiger partial charge in [0.15, 0.2) is 0 Å². The van der Waals surface area contributed by atoms with Gasteiger partial charge in [-0.1, -0.05) is 6.92 Å². The molecule has 1 rings (SSSR count). The van der Waals surface area contributed by atoms with Crippen LogP contribution in [0.2, 0.25) is 0 Å². The third kappa shape index (κ3) is 7.43. The third-order valence-corrected chi connectivity index (χ3v) is 2.93. The summed E-state index contributed by atoms with van der Waals surface area (Å²) in [4.78, 5) is 4.35. The number of hydrogen-bond donors (Lipinski definition) is 1. The molecule has 1 atom stereocenters. The highest BCUT2D eigenvalue weighted by Gasteiger charge is 2.03. The molecule has 0 aliphatic carbocycles. The monoisotopic (exact) mass is 282 g/mol. The molecule has 0 aliphatic heterocycles. The Kier molecular flexibility index (Phi) is 8.95. The number of methoxy groups -OCH3 is 1. The van der Waals surface area contributed by atoms with Crippen molar-refractivity contribution in [2.24, 2.45) is 5.73 Å². The fraction of sp³-hybridized carbons (Fsp3) is 0.667. The van der Waals surface area contributed by atoms with Gasteiger partial charge in [0.1, 0.15) is 5.75 Å². The molecule has 0 fully saturated rings. The fourth-order valence-electron chi connectivity index (χ4n) is 1.63. The van der Waals surface area contributed by atoms with Gasteiger partial charge in [0.25, 0.3) is 0 Å². The minimum Gasteiger partial charge on any atom is -0.492 e. The van der Waals surface area contributed by atoms with Crippen molar-refractivity contribution in [3.63, 3.8) is 0 Å². The van der Waals surface area contributed by atoms with Crippen LogP contribution in [0.25, 0.3) is 0 Å². The molecule has 0 aliphatic rings. The molecule has 2 N–H and O–H groups in total. The highest BCUT2D eigenvalue weighted by atomic mass is 16.5. The smallest absolute Gasteiger partial charge is 0.137 e. The lowest BCUT2D eigenvalue weighted by molar-refractivity contribution is 0.0644. The molecule has 0 spiro atoms. The second-order valence-corrected chi connectivity index (χ2v) is 4.66. The Labute approximate surface area is 121 Å². The van der Waals surface area contributed by atoms with Crippen molar-refractivity contribution in [2.75, 3.05) is 33.5 Å². The van der Waals surface area contributed by atoms with E-state index in [1.54, 1.807) is 13.3 Å². The van der Waals surface area contributed by atoms with E-state index in [1.165, 1.54) is 0 Å². The summed E-state index contributed by atoms with van der Waals surface area (Å²) >= 11 is 0. The molecule has 114 valence electrons. The molecule has 0 bridgehead atoms. The molecule has 0 saturated carbocycles. The average molecular weight is 282 g/mol. The highest BCUT2D eigenvalue weighted by molar-refractivity contribution is 5.20. The molecule has 1 unspecified atom stereocenters. The molecule has 0 amide bonds. The number of nitrogens with zero attached hydrogens (tertiary/aromatic N) is 1. The average Bonchev–Trinajstić information content (AvgIpc) is 2.48. The second-order valence-electron chi connectivity index (χ2n) is 4.66. The van der Waals surface area contributed by atoms with Crippen molar-refractivity contribution in [3.05, 3.63) is 24.0 Å². The van der Waals surface area contributed by atoms with Gasteiger partial charge in [-0.05, 0) is 18.6 Å². The molecular weight excluding hydrogens is 256 g/mol. The lowest BCUT2D eigenvalue weighted by Crippen LogP contribution is -2.21. The van der Waals surface area contributed by atoms with Gasteiger partial charge in [-0.15, -0.1) is 0 Å². The third-order valence-electron chi connectivity index (χ3n) is 2.93. The van der Waals surface area contributed by atoms with E-state index < -0.39 is 0 Å². The Balaban J connectivity index is 2.15. The molecule has 5 nitrogen and oxygen atoms in total. The van der Waals surface area contributed by atoms with Crippen molar-refractivity contribution in [1.82, 2.24) is 4.98 Å². The largest absolute Gasteiger partial charge is 0.492 e. The highest BCUT2D eigenvalue weighted by Crippen LogP contribution is 2.10. The van der Waals surface area contributed by atoms with Crippen LogP contribution in [0.3, 0.4) is 0 Å². The maximum absolute atomic E-state index is 5.90. The Morgan fingerprint density at radius 2 is 2.05 bits per heavy atom. The quantitative estimate of drug-likeness (QED) is 0.627. The zero-order chi connectivity index (χ0) is 14.6. The van der Waals surface area contributed by atoms with Gasteiger partial charge in [-0.2, -0.15) is 0 Å². The number of ether oxygens (including phenoxy) is 3. The zero-order valence-corrected chi connectivity index (χ0v) is 12.5. The molecule has 0 aromatic carbocycles. The first kappa shape index (κ1) is 16.9. The minimum atomic E-state index is 0.179. The standard InChI is InChI=1S/C15H26N2O3/c1-3-13(16)11-14-5-6-15(12-17-14)20-8-4-7-19-10-9-18-2/h5-6,12-13H,3-4,7-11,16H2,1-2H3. The van der Waals surface area contributed by atoms with Gasteiger partial charge < -0.3 is 19.9 Å². The van der Waals surface area contributed by atoms with Crippen LogP contribution in [0.1, 0.15) is 25.5 Å². The summed E-state index contributed by atoms with van der Waals surface area (Å²) in [6.07, 6.45) is 4.38. The van der Waals surface area contributed by atoms with Crippen LogP contribution >= 0.6 is 0 Å². The Hall–Kier alpha value is -1.17. The maximum atomic E-state index is 5.90. The van der Waals surface area contributed by atoms with Crippen LogP contribution < -0.4 is 10.5 Å². The summed E-state index contributed by atoms with van der Waals surface area (Å²) < 4.78 is 15.8. The minimum absolute atomic E-state index is 0.179. The number of pyridine rings is 1. The SMILES string of the molecule is CCC(N)Cc1ccc(OCCCOCCOC)cn1. The van der Waals surface area contributed by atoms with E-state index in [2.05, 4.69) is 11.9 Å². The summed E-state index contributed by atoms with van der Waals surface area (Å²) in [6, 6.07) is 4.09. The summed E-state index contributed by atoms with van der Waals surface area (Å²) in [6.45, 7) is 4.65. The van der Waals surface area contributed by atoms with Crippen molar-refractivity contribution in [3.8, 4) is 5.75 Å². The first-order valence-electron chi connectivity index (χ1n) is 7.16. The van der Waals surface area contributed by atoms with Crippen molar-refractivity contribution < 1.29 is 14.2 Å². The summed E-state index contributed by atoms with van der Waals surface area (Å²) in [5.41, 5.74) is 6.91. The fourth-order valence-corrected chi connectivity index (χ4v) is 1.63. The normalized spacial score (nSPS) is 12.3. The van der Waals surface area contributed by atoms with Crippen LogP contribution in [0.5, 0.6) is 5.75 Å². The molecule has 1 heterocycles. The van der Waals surface area contributed by atoms with Crippen LogP contribution in [-0.4, -0.2) is 44.6 Å². The molecule has 1 aromatic heterocycles. The Morgan fingerprint density at radius 1 is 1.20 bits per heavy atom. The molecule has 1 aromatic rings. The number of rotatable bonds is 11. The number of hydrogen-bond acceptors (Lipinski definition) is 5. The van der Waals surface area contributed by atoms with Gasteiger partial charge in [0.2, 0.25) is 0 Å². The first-order valence-corrected chi connectivity index (χ1v) is 7.16. The molecule has 20 heavy (non-hydrogen) atoms. The Morgan fingerprint density at radius 3 is 2.70 bits per heavy atom. The van der Waals surface area contributed by atoms with Crippen LogP contribution in [-0.2, 0) is 15.9 Å². The molecular formula is C15H26N2O3. The summed E-state index contributed by atoms with van der Waals surface area (Å²) in [5.74, 6) is 0.788. The van der Waals surface area contributed by atoms with E-state index in [0.717, 1.165) is 30.7 Å². The van der Waals surface area contributed by atoms with E-state index >= 15 is 0 Å². The van der Waals surface area contributed by atoms with E-state index in [9.17, 15) is 0 Å². The number of nitrogens with two attached hydrogens (primary N) is 1. The first-order chi connectivity index (χ1) is 9.76. The van der Waals surface area contributed by atoms with Crippen LogP contribution in [0.4, 0.5) is 0 Å². The van der Waals surface area contributed by atoms with Crippen molar-refractivity contribution in [1.29, 1.82) is 0 Å². The Bertz CT molecular complexity index is 343. The van der Waals surface area contributed by atoms with Crippen molar-refractivity contribution in [2.45, 2.75) is 32.2 Å². The second kappa shape index (κ2) is 10.6. The molecule has 5 heteroatoms. The van der Waals surface area contributed by atoms with Crippen molar-refractivity contribution >= 4 is 0 Å². The van der Waals surface area contributed by atoms with Gasteiger partial charge in [-0.3, -0.25) is 4.98 Å². The predicted octanol–water partition coefficient (Wildman–Crippen LogP) is 1.79. The van der Waals surface area contributed by atoms with E-state index in [4.69, 9.17) is 19.9 Å². The van der Waals surface area contributed by atoms with Gasteiger partial charge in [0, 0.05) is 38.3 Å². The van der Waals surface area contributed by atoms with Crippen LogP contribution in [0.15, 0.2) is 18.3 Å². The maximum Gasteiger partial charge on any atom is 0.137 e. The lowest BCUT2D eigenvalue weighted by Gasteiger charge is -2.09. The van der Waals surface area contributed by atoms with Gasteiger partial charge >= 0.3 is 0 Å². The topological polar surface area (TPSA) is 66.6 Å². The lowest BCUT2D eigenvalue weighted by atomic mass is 10.1. The van der Waals surface area contributed by atoms with Crippen LogP contribution in [0, 0.1) is 0 Å². The zero-order valence-electron chi connectivity index (χ0n) is 12.5. The molecule has 0 saturated heterocycles. The summed E-state index contributed by atoms with van der Waals surface area (Å²) in [7, 11) is 1.66. The molecule has 0 radical (unpaired) electrons. The van der Waals surface area contributed by atoms with Gasteiger partial charge in [-0.25, -0.2) is 0 Å². The van der Waals surface area contributed by atoms with E-state index in [1.807, 2.05) is 12.1 Å². The van der Waals surface area contributed by atoms with E-state index in [0.29, 0.717) is 26.4 Å².